The topological polar surface area (TPSA) is 61.8 Å². The number of piperidine rings is 1. The summed E-state index contributed by atoms with van der Waals surface area (Å²) in [6, 6.07) is -0.0220. The van der Waals surface area contributed by atoms with Gasteiger partial charge in [0.25, 0.3) is 0 Å². The highest BCUT2D eigenvalue weighted by Gasteiger charge is 2.29. The summed E-state index contributed by atoms with van der Waals surface area (Å²) in [5.41, 5.74) is 0. The van der Waals surface area contributed by atoms with E-state index in [1.165, 1.54) is 0 Å². The Morgan fingerprint density at radius 3 is 3.06 bits per heavy atom. The standard InChI is InChI=1S/C11H20N2O3/c14-8-9-7-13(5-6-16-9)11(15)10-3-1-2-4-12-10/h9-10,12,14H,1-8H2/t9?,10-/m1/s1. The van der Waals surface area contributed by atoms with Crippen molar-refractivity contribution in [1.82, 2.24) is 10.2 Å². The quantitative estimate of drug-likeness (QED) is 0.659. The lowest BCUT2D eigenvalue weighted by Crippen LogP contribution is -2.54. The fourth-order valence-corrected chi connectivity index (χ4v) is 2.31. The van der Waals surface area contributed by atoms with Gasteiger partial charge in [0.2, 0.25) is 5.91 Å². The van der Waals surface area contributed by atoms with E-state index in [1.54, 1.807) is 0 Å². The summed E-state index contributed by atoms with van der Waals surface area (Å²) in [6.45, 7) is 2.62. The zero-order valence-electron chi connectivity index (χ0n) is 9.52. The molecule has 2 aliphatic rings. The molecule has 2 rings (SSSR count). The van der Waals surface area contributed by atoms with Crippen LogP contribution in [0.3, 0.4) is 0 Å². The van der Waals surface area contributed by atoms with Gasteiger partial charge in [-0.25, -0.2) is 0 Å². The normalized spacial score (nSPS) is 31.4. The van der Waals surface area contributed by atoms with Gasteiger partial charge in [0.05, 0.1) is 25.4 Å². The van der Waals surface area contributed by atoms with Crippen molar-refractivity contribution in [2.24, 2.45) is 0 Å². The van der Waals surface area contributed by atoms with Crippen LogP contribution < -0.4 is 5.32 Å². The lowest BCUT2D eigenvalue weighted by Gasteiger charge is -2.35. The van der Waals surface area contributed by atoms with Gasteiger partial charge in [0, 0.05) is 13.1 Å². The van der Waals surface area contributed by atoms with E-state index < -0.39 is 0 Å². The highest BCUT2D eigenvalue weighted by molar-refractivity contribution is 5.82. The smallest absolute Gasteiger partial charge is 0.239 e. The highest BCUT2D eigenvalue weighted by Crippen LogP contribution is 2.12. The number of hydrogen-bond acceptors (Lipinski definition) is 4. The minimum Gasteiger partial charge on any atom is -0.394 e. The zero-order chi connectivity index (χ0) is 11.4. The number of amides is 1. The lowest BCUT2D eigenvalue weighted by atomic mass is 10.0. The number of hydrogen-bond donors (Lipinski definition) is 2. The van der Waals surface area contributed by atoms with Gasteiger partial charge in [0.1, 0.15) is 0 Å². The maximum atomic E-state index is 12.1. The summed E-state index contributed by atoms with van der Waals surface area (Å²) in [5.74, 6) is 0.168. The lowest BCUT2D eigenvalue weighted by molar-refractivity contribution is -0.143. The van der Waals surface area contributed by atoms with Crippen molar-refractivity contribution < 1.29 is 14.6 Å². The van der Waals surface area contributed by atoms with Crippen LogP contribution in [0.15, 0.2) is 0 Å². The molecule has 0 aliphatic carbocycles. The number of aliphatic hydroxyl groups is 1. The molecule has 2 heterocycles. The number of ether oxygens (including phenoxy) is 1. The van der Waals surface area contributed by atoms with Crippen LogP contribution in [0, 0.1) is 0 Å². The summed E-state index contributed by atoms with van der Waals surface area (Å²) in [4.78, 5) is 14.0. The first-order chi connectivity index (χ1) is 7.81. The van der Waals surface area contributed by atoms with Crippen LogP contribution in [0.5, 0.6) is 0 Å². The maximum absolute atomic E-state index is 12.1. The predicted molar refractivity (Wildman–Crippen MR) is 59.0 cm³/mol. The van der Waals surface area contributed by atoms with Crippen molar-refractivity contribution in [3.05, 3.63) is 0 Å². The van der Waals surface area contributed by atoms with Gasteiger partial charge < -0.3 is 20.1 Å². The molecule has 0 spiro atoms. The molecule has 0 bridgehead atoms. The Kier molecular flexibility index (Phi) is 4.15. The van der Waals surface area contributed by atoms with E-state index in [0.29, 0.717) is 19.7 Å². The van der Waals surface area contributed by atoms with Gasteiger partial charge in [-0.3, -0.25) is 4.79 Å². The fourth-order valence-electron chi connectivity index (χ4n) is 2.31. The molecule has 0 aromatic heterocycles. The number of nitrogens with zero attached hydrogens (tertiary/aromatic N) is 1. The molecule has 2 fully saturated rings. The third kappa shape index (κ3) is 2.72. The number of carbonyl (C=O) groups excluding carboxylic acids is 1. The van der Waals surface area contributed by atoms with Gasteiger partial charge >= 0.3 is 0 Å². The van der Waals surface area contributed by atoms with E-state index in [1.807, 2.05) is 4.90 Å². The van der Waals surface area contributed by atoms with Crippen LogP contribution in [0.4, 0.5) is 0 Å². The Hall–Kier alpha value is -0.650. The van der Waals surface area contributed by atoms with Crippen molar-refractivity contribution in [3.63, 3.8) is 0 Å². The second-order valence-corrected chi connectivity index (χ2v) is 4.46. The molecular formula is C11H20N2O3. The third-order valence-electron chi connectivity index (χ3n) is 3.26. The summed E-state index contributed by atoms with van der Waals surface area (Å²) in [7, 11) is 0. The van der Waals surface area contributed by atoms with Crippen LogP contribution in [-0.2, 0) is 9.53 Å². The first-order valence-corrected chi connectivity index (χ1v) is 6.06. The first-order valence-electron chi connectivity index (χ1n) is 6.06. The minimum absolute atomic E-state index is 0.0120. The molecule has 0 aromatic rings. The van der Waals surface area contributed by atoms with E-state index in [-0.39, 0.29) is 24.7 Å². The average Bonchev–Trinajstić information content (AvgIpc) is 2.39. The molecule has 1 unspecified atom stereocenters. The van der Waals surface area contributed by atoms with E-state index in [4.69, 9.17) is 9.84 Å². The van der Waals surface area contributed by atoms with Crippen LogP contribution in [0.25, 0.3) is 0 Å². The second kappa shape index (κ2) is 5.61. The molecule has 92 valence electrons. The van der Waals surface area contributed by atoms with Gasteiger partial charge in [-0.1, -0.05) is 6.42 Å². The number of nitrogens with one attached hydrogen (secondary N) is 1. The average molecular weight is 228 g/mol. The van der Waals surface area contributed by atoms with Gasteiger partial charge in [-0.15, -0.1) is 0 Å². The Bertz CT molecular complexity index is 241. The first kappa shape index (κ1) is 11.8. The SMILES string of the molecule is O=C([C@H]1CCCCN1)N1CCOC(CO)C1. The Balaban J connectivity index is 1.87. The van der Waals surface area contributed by atoms with Crippen molar-refractivity contribution in [1.29, 1.82) is 0 Å². The van der Waals surface area contributed by atoms with Gasteiger partial charge in [0.15, 0.2) is 0 Å². The Morgan fingerprint density at radius 2 is 2.38 bits per heavy atom. The zero-order valence-corrected chi connectivity index (χ0v) is 9.52. The van der Waals surface area contributed by atoms with Crippen LogP contribution in [-0.4, -0.2) is 60.9 Å². The maximum Gasteiger partial charge on any atom is 0.239 e. The van der Waals surface area contributed by atoms with Crippen LogP contribution in [0.2, 0.25) is 0 Å². The van der Waals surface area contributed by atoms with E-state index >= 15 is 0 Å². The molecule has 0 aromatic carbocycles. The summed E-state index contributed by atoms with van der Waals surface area (Å²) in [5, 5.41) is 12.3. The number of aliphatic hydroxyl groups excluding tert-OH is 1. The Labute approximate surface area is 95.8 Å². The second-order valence-electron chi connectivity index (χ2n) is 4.46. The predicted octanol–water partition coefficient (Wildman–Crippen LogP) is -0.652. The number of carbonyl (C=O) groups is 1. The molecule has 2 N–H and O–H groups in total. The van der Waals surface area contributed by atoms with Gasteiger partial charge in [-0.05, 0) is 19.4 Å². The van der Waals surface area contributed by atoms with Crippen molar-refractivity contribution in [2.45, 2.75) is 31.4 Å². The van der Waals surface area contributed by atoms with Gasteiger partial charge in [-0.2, -0.15) is 0 Å². The highest BCUT2D eigenvalue weighted by atomic mass is 16.5. The molecular weight excluding hydrogens is 208 g/mol. The fraction of sp³-hybridized carbons (Fsp3) is 0.909. The Morgan fingerprint density at radius 1 is 1.50 bits per heavy atom. The monoisotopic (exact) mass is 228 g/mol. The molecule has 16 heavy (non-hydrogen) atoms. The molecule has 5 nitrogen and oxygen atoms in total. The molecule has 2 aliphatic heterocycles. The minimum atomic E-state index is -0.207. The largest absolute Gasteiger partial charge is 0.394 e. The molecule has 2 saturated heterocycles. The van der Waals surface area contributed by atoms with E-state index in [2.05, 4.69) is 5.32 Å². The van der Waals surface area contributed by atoms with E-state index in [0.717, 1.165) is 25.8 Å². The van der Waals surface area contributed by atoms with Crippen molar-refractivity contribution in [2.75, 3.05) is 32.8 Å². The molecule has 5 heteroatoms. The van der Waals surface area contributed by atoms with Crippen LogP contribution >= 0.6 is 0 Å². The number of rotatable bonds is 2. The summed E-state index contributed by atoms with van der Waals surface area (Å²) < 4.78 is 5.33. The number of morpholine rings is 1. The van der Waals surface area contributed by atoms with Crippen molar-refractivity contribution in [3.8, 4) is 0 Å². The van der Waals surface area contributed by atoms with E-state index in [9.17, 15) is 4.79 Å². The molecule has 0 saturated carbocycles. The molecule has 1 amide bonds. The summed E-state index contributed by atoms with van der Waals surface area (Å²) >= 11 is 0. The molecule has 0 radical (unpaired) electrons. The van der Waals surface area contributed by atoms with Crippen molar-refractivity contribution >= 4 is 5.91 Å². The third-order valence-corrected chi connectivity index (χ3v) is 3.26. The molecule has 2 atom stereocenters. The van der Waals surface area contributed by atoms with Crippen LogP contribution in [0.1, 0.15) is 19.3 Å². The summed E-state index contributed by atoms with van der Waals surface area (Å²) in [6.07, 6.45) is 3.00.